The first-order chi connectivity index (χ1) is 28.2. The van der Waals surface area contributed by atoms with Crippen molar-refractivity contribution in [2.75, 3.05) is 26.2 Å². The second kappa shape index (κ2) is 13.9. The van der Waals surface area contributed by atoms with Crippen molar-refractivity contribution in [2.24, 2.45) is 0 Å². The van der Waals surface area contributed by atoms with E-state index in [0.717, 1.165) is 74.5 Å². The molecule has 4 unspecified atom stereocenters. The maximum absolute atomic E-state index is 6.38. The van der Waals surface area contributed by atoms with Gasteiger partial charge in [0.05, 0.1) is 20.1 Å². The maximum Gasteiger partial charge on any atom is 0.155 e. The number of benzene rings is 4. The third-order valence-corrected chi connectivity index (χ3v) is 14.4. The Kier molecular flexibility index (Phi) is 8.70. The predicted octanol–water partition coefficient (Wildman–Crippen LogP) is 10.4. The van der Waals surface area contributed by atoms with Crippen molar-refractivity contribution in [3.05, 3.63) is 176 Å². The van der Waals surface area contributed by atoms with Crippen molar-refractivity contribution in [3.8, 4) is 22.3 Å². The van der Waals surface area contributed by atoms with Gasteiger partial charge in [-0.05, 0) is 131 Å². The number of fused-ring (bicyclic) bond motifs is 10. The van der Waals surface area contributed by atoms with Crippen LogP contribution < -0.4 is 0 Å². The average molecular weight is 843 g/mol. The van der Waals surface area contributed by atoms with E-state index in [0.29, 0.717) is 20.1 Å². The van der Waals surface area contributed by atoms with Crippen molar-refractivity contribution in [3.63, 3.8) is 0 Å². The summed E-state index contributed by atoms with van der Waals surface area (Å²) in [5, 5.41) is 11.0. The van der Waals surface area contributed by atoms with Crippen molar-refractivity contribution < 1.29 is 0 Å². The average Bonchev–Trinajstić information content (AvgIpc) is 4.06. The van der Waals surface area contributed by atoms with Crippen molar-refractivity contribution >= 4 is 57.7 Å². The molecule has 0 saturated carbocycles. The SMILES string of the molecule is Clc1ccc(C23CCN(Cc4cc(-c5ccc6ncnn6c5)ccc42)C3)cc1Cl.Clc1ccc(C23CCN(Cc4cc(-c5ccc6ncnn6c5)ccc42)C3)cc1Cl. The van der Waals surface area contributed by atoms with Gasteiger partial charge in [-0.25, -0.2) is 19.0 Å². The van der Waals surface area contributed by atoms with Crippen molar-refractivity contribution in [1.82, 2.24) is 39.0 Å². The normalized spacial score (nSPS) is 22.8. The Balaban J connectivity index is 0.000000133. The molecule has 12 heteroatoms. The summed E-state index contributed by atoms with van der Waals surface area (Å²) in [5.41, 5.74) is 14.5. The number of hydrogen-bond acceptors (Lipinski definition) is 6. The van der Waals surface area contributed by atoms with Crippen LogP contribution in [0.3, 0.4) is 0 Å². The first kappa shape index (κ1) is 36.3. The molecule has 2 fully saturated rings. The molecule has 4 bridgehead atoms. The molecule has 58 heavy (non-hydrogen) atoms. The number of rotatable bonds is 4. The minimum absolute atomic E-state index is 0.0177. The summed E-state index contributed by atoms with van der Waals surface area (Å²) in [7, 11) is 0. The molecule has 4 aliphatic rings. The molecule has 8 heterocycles. The van der Waals surface area contributed by atoms with Gasteiger partial charge in [-0.2, -0.15) is 10.2 Å². The van der Waals surface area contributed by atoms with Gasteiger partial charge in [0, 0.05) is 60.5 Å². The van der Waals surface area contributed by atoms with Crippen LogP contribution in [-0.2, 0) is 23.9 Å². The van der Waals surface area contributed by atoms with Crippen LogP contribution in [0.1, 0.15) is 46.2 Å². The van der Waals surface area contributed by atoms with Gasteiger partial charge < -0.3 is 0 Å². The summed E-state index contributed by atoms with van der Waals surface area (Å²) < 4.78 is 3.64. The molecule has 12 rings (SSSR count). The number of halogens is 4. The second-order valence-electron chi connectivity index (χ2n) is 16.0. The van der Waals surface area contributed by atoms with E-state index >= 15 is 0 Å². The number of aromatic nitrogens is 6. The highest BCUT2D eigenvalue weighted by molar-refractivity contribution is 6.42. The first-order valence-electron chi connectivity index (χ1n) is 19.5. The van der Waals surface area contributed by atoms with Crippen LogP contribution in [0, 0.1) is 0 Å². The molecule has 4 atom stereocenters. The van der Waals surface area contributed by atoms with E-state index in [9.17, 15) is 0 Å². The molecule has 4 aromatic heterocycles. The quantitative estimate of drug-likeness (QED) is 0.176. The lowest BCUT2D eigenvalue weighted by Crippen LogP contribution is -2.37. The molecule has 4 aromatic carbocycles. The van der Waals surface area contributed by atoms with Crippen LogP contribution in [0.25, 0.3) is 33.5 Å². The van der Waals surface area contributed by atoms with Gasteiger partial charge in [-0.1, -0.05) is 82.8 Å². The zero-order chi connectivity index (χ0) is 39.2. The van der Waals surface area contributed by atoms with Gasteiger partial charge in [-0.15, -0.1) is 0 Å². The first-order valence-corrected chi connectivity index (χ1v) is 21.0. The van der Waals surface area contributed by atoms with Crippen LogP contribution in [0.4, 0.5) is 0 Å². The Morgan fingerprint density at radius 3 is 1.36 bits per heavy atom. The lowest BCUT2D eigenvalue weighted by Gasteiger charge is -2.37. The molecule has 0 aliphatic carbocycles. The predicted molar refractivity (Wildman–Crippen MR) is 231 cm³/mol. The molecule has 0 amide bonds. The highest BCUT2D eigenvalue weighted by atomic mass is 35.5. The van der Waals surface area contributed by atoms with Gasteiger partial charge in [-0.3, -0.25) is 9.80 Å². The smallest absolute Gasteiger partial charge is 0.155 e. The minimum atomic E-state index is -0.0177. The number of pyridine rings is 2. The fourth-order valence-electron chi connectivity index (χ4n) is 10.1. The fourth-order valence-corrected chi connectivity index (χ4v) is 10.7. The summed E-state index contributed by atoms with van der Waals surface area (Å²) in [5.74, 6) is 0. The fraction of sp³-hybridized carbons (Fsp3) is 0.217. The van der Waals surface area contributed by atoms with Crippen LogP contribution in [0.15, 0.2) is 122 Å². The minimum Gasteiger partial charge on any atom is -0.298 e. The summed E-state index contributed by atoms with van der Waals surface area (Å²) >= 11 is 25.1. The Hall–Kier alpha value is -4.80. The Morgan fingerprint density at radius 2 is 0.914 bits per heavy atom. The number of nitrogens with zero attached hydrogens (tertiary/aromatic N) is 8. The van der Waals surface area contributed by atoms with Crippen LogP contribution >= 0.6 is 46.4 Å². The van der Waals surface area contributed by atoms with Gasteiger partial charge in [0.2, 0.25) is 0 Å². The maximum atomic E-state index is 6.38. The highest BCUT2D eigenvalue weighted by Gasteiger charge is 2.47. The Labute approximate surface area is 355 Å². The molecule has 0 N–H and O–H groups in total. The van der Waals surface area contributed by atoms with E-state index in [2.05, 4.69) is 103 Å². The summed E-state index contributed by atoms with van der Waals surface area (Å²) in [4.78, 5) is 13.5. The Bertz CT molecular complexity index is 2730. The van der Waals surface area contributed by atoms with Gasteiger partial charge >= 0.3 is 0 Å². The molecule has 0 spiro atoms. The lowest BCUT2D eigenvalue weighted by atomic mass is 9.70. The summed E-state index contributed by atoms with van der Waals surface area (Å²) in [6.45, 7) is 6.21. The molecular formula is C46H36Cl4N8. The van der Waals surface area contributed by atoms with Crippen LogP contribution in [0.5, 0.6) is 0 Å². The zero-order valence-corrected chi connectivity index (χ0v) is 34.3. The van der Waals surface area contributed by atoms with Crippen molar-refractivity contribution in [1.29, 1.82) is 0 Å². The molecule has 288 valence electrons. The molecular weight excluding hydrogens is 806 g/mol. The topological polar surface area (TPSA) is 66.9 Å². The zero-order valence-electron chi connectivity index (χ0n) is 31.3. The number of hydrogen-bond donors (Lipinski definition) is 0. The third-order valence-electron chi connectivity index (χ3n) is 12.9. The highest BCUT2D eigenvalue weighted by Crippen LogP contribution is 2.49. The van der Waals surface area contributed by atoms with Crippen LogP contribution in [-0.4, -0.2) is 65.2 Å². The summed E-state index contributed by atoms with van der Waals surface area (Å²) in [6.07, 6.45) is 9.44. The second-order valence-corrected chi connectivity index (χ2v) is 17.7. The molecule has 0 radical (unpaired) electrons. The monoisotopic (exact) mass is 840 g/mol. The summed E-state index contributed by atoms with van der Waals surface area (Å²) in [6, 6.07) is 34.2. The van der Waals surface area contributed by atoms with Crippen molar-refractivity contribution in [2.45, 2.75) is 36.8 Å². The lowest BCUT2D eigenvalue weighted by molar-refractivity contribution is 0.295. The van der Waals surface area contributed by atoms with Gasteiger partial charge in [0.15, 0.2) is 11.3 Å². The van der Waals surface area contributed by atoms with E-state index in [1.165, 1.54) is 44.5 Å². The van der Waals surface area contributed by atoms with E-state index < -0.39 is 0 Å². The van der Waals surface area contributed by atoms with E-state index in [4.69, 9.17) is 46.4 Å². The van der Waals surface area contributed by atoms with Crippen LogP contribution in [0.2, 0.25) is 20.1 Å². The Morgan fingerprint density at radius 1 is 0.466 bits per heavy atom. The molecule has 2 saturated heterocycles. The van der Waals surface area contributed by atoms with E-state index in [-0.39, 0.29) is 10.8 Å². The largest absolute Gasteiger partial charge is 0.298 e. The molecule has 8 nitrogen and oxygen atoms in total. The van der Waals surface area contributed by atoms with Gasteiger partial charge in [0.1, 0.15) is 12.7 Å². The van der Waals surface area contributed by atoms with E-state index in [1.54, 1.807) is 12.7 Å². The standard InChI is InChI=1S/2C23H18Cl2N4/c2*24-20-5-3-18(10-21(20)25)23-7-8-28(13-23)11-17-9-15(1-4-19(17)23)16-2-6-22-26-14-27-29(22)12-16/h2*1-6,9-10,12,14H,7-8,11,13H2. The third kappa shape index (κ3) is 5.95. The van der Waals surface area contributed by atoms with E-state index in [1.807, 2.05) is 45.7 Å². The molecule has 8 aromatic rings. The van der Waals surface area contributed by atoms with Gasteiger partial charge in [0.25, 0.3) is 0 Å². The molecule has 4 aliphatic heterocycles.